The van der Waals surface area contributed by atoms with Crippen LogP contribution in [-0.4, -0.2) is 0 Å². The second kappa shape index (κ2) is 3.85. The Morgan fingerprint density at radius 1 is 1.19 bits per heavy atom. The zero-order chi connectivity index (χ0) is 11.8. The average molecular weight is 221 g/mol. The lowest BCUT2D eigenvalue weighted by atomic mass is 9.66. The van der Waals surface area contributed by atoms with Crippen molar-refractivity contribution in [3.05, 3.63) is 35.6 Å². The third-order valence-corrected chi connectivity index (χ3v) is 3.68. The van der Waals surface area contributed by atoms with E-state index in [1.165, 1.54) is 12.5 Å². The summed E-state index contributed by atoms with van der Waals surface area (Å²) in [5.41, 5.74) is 6.84. The van der Waals surface area contributed by atoms with Crippen LogP contribution in [0.25, 0.3) is 0 Å². The van der Waals surface area contributed by atoms with Crippen LogP contribution in [0.15, 0.2) is 24.3 Å². The van der Waals surface area contributed by atoms with Gasteiger partial charge in [-0.1, -0.05) is 38.5 Å². The molecule has 1 aromatic rings. The van der Waals surface area contributed by atoms with Crippen LogP contribution in [0.4, 0.5) is 4.39 Å². The first-order valence-corrected chi connectivity index (χ1v) is 5.97. The highest BCUT2D eigenvalue weighted by Gasteiger charge is 2.39. The van der Waals surface area contributed by atoms with Gasteiger partial charge in [0.2, 0.25) is 0 Å². The Balaban J connectivity index is 2.35. The van der Waals surface area contributed by atoms with E-state index in [4.69, 9.17) is 5.73 Å². The van der Waals surface area contributed by atoms with Crippen molar-refractivity contribution in [3.8, 4) is 0 Å². The highest BCUT2D eigenvalue weighted by Crippen LogP contribution is 2.45. The number of hydrogen-bond acceptors (Lipinski definition) is 1. The average Bonchev–Trinajstić information content (AvgIpc) is 2.16. The molecule has 0 bridgehead atoms. The third-order valence-electron chi connectivity index (χ3n) is 3.68. The van der Waals surface area contributed by atoms with E-state index in [1.54, 1.807) is 6.07 Å². The van der Waals surface area contributed by atoms with Gasteiger partial charge in [0.15, 0.2) is 0 Å². The Labute approximate surface area is 96.9 Å². The maximum atomic E-state index is 13.8. The first-order valence-electron chi connectivity index (χ1n) is 5.97. The molecule has 1 atom stereocenters. The normalized spacial score (nSPS) is 29.0. The molecule has 16 heavy (non-hydrogen) atoms. The van der Waals surface area contributed by atoms with Crippen LogP contribution in [0, 0.1) is 11.2 Å². The van der Waals surface area contributed by atoms with Crippen LogP contribution in [0.5, 0.6) is 0 Å². The maximum absolute atomic E-state index is 13.8. The predicted octanol–water partition coefficient (Wildman–Crippen LogP) is 3.58. The van der Waals surface area contributed by atoms with Gasteiger partial charge in [-0.15, -0.1) is 0 Å². The Hall–Kier alpha value is -0.890. The molecule has 0 spiro atoms. The molecular weight excluding hydrogens is 201 g/mol. The van der Waals surface area contributed by atoms with Gasteiger partial charge in [0.25, 0.3) is 0 Å². The monoisotopic (exact) mass is 221 g/mol. The van der Waals surface area contributed by atoms with E-state index in [9.17, 15) is 4.39 Å². The van der Waals surface area contributed by atoms with Gasteiger partial charge in [-0.05, 0) is 30.7 Å². The van der Waals surface area contributed by atoms with Crippen LogP contribution in [-0.2, 0) is 5.54 Å². The molecule has 0 saturated heterocycles. The first-order chi connectivity index (χ1) is 7.43. The summed E-state index contributed by atoms with van der Waals surface area (Å²) in [6.07, 6.45) is 4.01. The number of hydrogen-bond donors (Lipinski definition) is 1. The Bertz CT molecular complexity index is 386. The molecule has 1 aromatic carbocycles. The summed E-state index contributed by atoms with van der Waals surface area (Å²) in [5.74, 6) is -0.164. The van der Waals surface area contributed by atoms with E-state index in [0.717, 1.165) is 19.3 Å². The molecule has 0 amide bonds. The van der Waals surface area contributed by atoms with Crippen molar-refractivity contribution in [2.75, 3.05) is 0 Å². The molecule has 0 aliphatic heterocycles. The summed E-state index contributed by atoms with van der Waals surface area (Å²) < 4.78 is 13.8. The molecule has 0 heterocycles. The van der Waals surface area contributed by atoms with E-state index in [0.29, 0.717) is 5.56 Å². The molecular formula is C14H20FN. The van der Waals surface area contributed by atoms with Gasteiger partial charge in [0.1, 0.15) is 5.82 Å². The zero-order valence-corrected chi connectivity index (χ0v) is 10.1. The van der Waals surface area contributed by atoms with Gasteiger partial charge in [0, 0.05) is 11.1 Å². The van der Waals surface area contributed by atoms with Gasteiger partial charge in [-0.2, -0.15) is 0 Å². The second-order valence-corrected chi connectivity index (χ2v) is 5.83. The van der Waals surface area contributed by atoms with Crippen LogP contribution in [0.2, 0.25) is 0 Å². The highest BCUT2D eigenvalue weighted by atomic mass is 19.1. The van der Waals surface area contributed by atoms with Crippen molar-refractivity contribution in [1.29, 1.82) is 0 Å². The van der Waals surface area contributed by atoms with E-state index >= 15 is 0 Å². The molecule has 0 aromatic heterocycles. The molecule has 2 N–H and O–H groups in total. The molecule has 1 aliphatic carbocycles. The first kappa shape index (κ1) is 11.6. The summed E-state index contributed by atoms with van der Waals surface area (Å²) >= 11 is 0. The fourth-order valence-corrected chi connectivity index (χ4v) is 3.01. The van der Waals surface area contributed by atoms with Gasteiger partial charge >= 0.3 is 0 Å². The maximum Gasteiger partial charge on any atom is 0.128 e. The van der Waals surface area contributed by atoms with Crippen molar-refractivity contribution in [2.24, 2.45) is 11.1 Å². The third kappa shape index (κ3) is 2.12. The van der Waals surface area contributed by atoms with E-state index in [-0.39, 0.29) is 11.2 Å². The number of nitrogens with two attached hydrogens (primary N) is 1. The van der Waals surface area contributed by atoms with Gasteiger partial charge in [-0.25, -0.2) is 4.39 Å². The molecule has 1 unspecified atom stereocenters. The lowest BCUT2D eigenvalue weighted by Crippen LogP contribution is -2.44. The van der Waals surface area contributed by atoms with Crippen molar-refractivity contribution < 1.29 is 4.39 Å². The van der Waals surface area contributed by atoms with Crippen LogP contribution in [0.3, 0.4) is 0 Å². The summed E-state index contributed by atoms with van der Waals surface area (Å²) in [6, 6.07) is 6.92. The van der Waals surface area contributed by atoms with Gasteiger partial charge in [-0.3, -0.25) is 0 Å². The van der Waals surface area contributed by atoms with Crippen molar-refractivity contribution in [2.45, 2.75) is 45.1 Å². The molecule has 0 radical (unpaired) electrons. The smallest absolute Gasteiger partial charge is 0.128 e. The quantitative estimate of drug-likeness (QED) is 0.770. The predicted molar refractivity (Wildman–Crippen MR) is 64.5 cm³/mol. The topological polar surface area (TPSA) is 26.0 Å². The lowest BCUT2D eigenvalue weighted by molar-refractivity contribution is 0.148. The number of benzene rings is 1. The van der Waals surface area contributed by atoms with Crippen molar-refractivity contribution in [3.63, 3.8) is 0 Å². The summed E-state index contributed by atoms with van der Waals surface area (Å²) in [4.78, 5) is 0. The lowest BCUT2D eigenvalue weighted by Gasteiger charge is -2.43. The Morgan fingerprint density at radius 3 is 2.50 bits per heavy atom. The molecule has 1 saturated carbocycles. The molecule has 88 valence electrons. The summed E-state index contributed by atoms with van der Waals surface area (Å²) in [5, 5.41) is 0. The minimum absolute atomic E-state index is 0.164. The minimum atomic E-state index is -0.479. The van der Waals surface area contributed by atoms with Crippen LogP contribution in [0.1, 0.15) is 45.1 Å². The van der Waals surface area contributed by atoms with E-state index in [1.807, 2.05) is 12.1 Å². The zero-order valence-electron chi connectivity index (χ0n) is 10.1. The summed E-state index contributed by atoms with van der Waals surface area (Å²) in [7, 11) is 0. The number of halogens is 1. The second-order valence-electron chi connectivity index (χ2n) is 5.83. The molecule has 2 rings (SSSR count). The largest absolute Gasteiger partial charge is 0.321 e. The highest BCUT2D eigenvalue weighted by molar-refractivity contribution is 5.27. The van der Waals surface area contributed by atoms with Crippen LogP contribution >= 0.6 is 0 Å². The fourth-order valence-electron chi connectivity index (χ4n) is 3.01. The van der Waals surface area contributed by atoms with Crippen LogP contribution < -0.4 is 5.73 Å². The molecule has 1 nitrogen and oxygen atoms in total. The Kier molecular flexibility index (Phi) is 2.79. The van der Waals surface area contributed by atoms with E-state index < -0.39 is 5.54 Å². The van der Waals surface area contributed by atoms with Gasteiger partial charge < -0.3 is 5.73 Å². The fraction of sp³-hybridized carbons (Fsp3) is 0.571. The van der Waals surface area contributed by atoms with Crippen molar-refractivity contribution >= 4 is 0 Å². The molecule has 2 heteroatoms. The SMILES string of the molecule is CC1(C)CCCC(N)(c2ccccc2F)C1. The minimum Gasteiger partial charge on any atom is -0.321 e. The molecule has 1 aliphatic rings. The number of rotatable bonds is 1. The summed E-state index contributed by atoms with van der Waals surface area (Å²) in [6.45, 7) is 4.43. The van der Waals surface area contributed by atoms with Crippen molar-refractivity contribution in [1.82, 2.24) is 0 Å². The molecule has 1 fully saturated rings. The standard InChI is InChI=1S/C14H20FN/c1-13(2)8-5-9-14(16,10-13)11-6-3-4-7-12(11)15/h3-4,6-7H,5,8-10,16H2,1-2H3. The van der Waals surface area contributed by atoms with E-state index in [2.05, 4.69) is 13.8 Å². The van der Waals surface area contributed by atoms with Gasteiger partial charge in [0.05, 0.1) is 0 Å². The Morgan fingerprint density at radius 2 is 1.88 bits per heavy atom.